The Kier molecular flexibility index (Phi) is 5.47. The van der Waals surface area contributed by atoms with E-state index in [0.717, 1.165) is 28.8 Å². The maximum Gasteiger partial charge on any atom is 0.0949 e. The summed E-state index contributed by atoms with van der Waals surface area (Å²) in [5, 5.41) is 0. The van der Waals surface area contributed by atoms with Crippen LogP contribution in [0.1, 0.15) is 12.5 Å². The third-order valence-corrected chi connectivity index (χ3v) is 4.95. The summed E-state index contributed by atoms with van der Waals surface area (Å²) >= 11 is 3.44. The van der Waals surface area contributed by atoms with Crippen LogP contribution >= 0.6 is 15.9 Å². The Morgan fingerprint density at radius 2 is 1.70 bits per heavy atom. The van der Waals surface area contributed by atoms with Gasteiger partial charge in [0.1, 0.15) is 0 Å². The molecule has 1 fully saturated rings. The van der Waals surface area contributed by atoms with Gasteiger partial charge in [-0.25, -0.2) is 0 Å². The number of likely N-dealkylation sites (N-methyl/N-ethyl adjacent to an activating group) is 1. The molecule has 0 saturated carbocycles. The molecule has 1 aliphatic rings. The molecule has 2 aromatic carbocycles. The molecule has 0 atom stereocenters. The summed E-state index contributed by atoms with van der Waals surface area (Å²) in [5.41, 5.74) is 3.41. The first-order valence-corrected chi connectivity index (χ1v) is 9.02. The number of aliphatic imine (C=N–C) groups is 1. The van der Waals surface area contributed by atoms with E-state index in [1.165, 1.54) is 25.3 Å². The van der Waals surface area contributed by atoms with Gasteiger partial charge in [0, 0.05) is 16.4 Å². The van der Waals surface area contributed by atoms with Gasteiger partial charge in [-0.1, -0.05) is 28.1 Å². The fraction of sp³-hybridized carbons (Fsp3) is 0.316. The summed E-state index contributed by atoms with van der Waals surface area (Å²) in [7, 11) is 0. The minimum Gasteiger partial charge on any atom is -0.360 e. The van der Waals surface area contributed by atoms with Gasteiger partial charge in [-0.05, 0) is 48.9 Å². The number of nitrogens with one attached hydrogen (secondary N) is 1. The van der Waals surface area contributed by atoms with Gasteiger partial charge in [-0.3, -0.25) is 4.99 Å². The first-order valence-electron chi connectivity index (χ1n) is 8.23. The quantitative estimate of drug-likeness (QED) is 0.818. The van der Waals surface area contributed by atoms with E-state index in [0.29, 0.717) is 0 Å². The highest BCUT2D eigenvalue weighted by Crippen LogP contribution is 2.20. The zero-order valence-corrected chi connectivity index (χ0v) is 15.1. The van der Waals surface area contributed by atoms with Crippen molar-refractivity contribution in [3.63, 3.8) is 0 Å². The fourth-order valence-corrected chi connectivity index (χ4v) is 3.15. The van der Waals surface area contributed by atoms with E-state index in [1.54, 1.807) is 4.90 Å². The lowest BCUT2D eigenvalue weighted by Gasteiger charge is -2.33. The van der Waals surface area contributed by atoms with Gasteiger partial charge in [0.25, 0.3) is 0 Å². The van der Waals surface area contributed by atoms with Gasteiger partial charge in [0.15, 0.2) is 0 Å². The van der Waals surface area contributed by atoms with E-state index in [2.05, 4.69) is 69.1 Å². The average molecular weight is 373 g/mol. The van der Waals surface area contributed by atoms with Crippen LogP contribution in [0.15, 0.2) is 58.0 Å². The van der Waals surface area contributed by atoms with Crippen molar-refractivity contribution in [3.05, 3.63) is 58.6 Å². The Bertz CT molecular complexity index is 641. The number of hydrogen-bond acceptors (Lipinski definition) is 2. The normalized spacial score (nSPS) is 16.2. The molecule has 0 radical (unpaired) electrons. The molecule has 23 heavy (non-hydrogen) atoms. The van der Waals surface area contributed by atoms with Gasteiger partial charge in [0.2, 0.25) is 0 Å². The van der Waals surface area contributed by atoms with Crippen LogP contribution in [-0.4, -0.2) is 38.9 Å². The molecule has 0 spiro atoms. The Morgan fingerprint density at radius 1 is 1.04 bits per heavy atom. The van der Waals surface area contributed by atoms with Crippen molar-refractivity contribution in [2.75, 3.05) is 37.6 Å². The fourth-order valence-electron chi connectivity index (χ4n) is 2.88. The Morgan fingerprint density at radius 3 is 2.30 bits per heavy atom. The number of hydrogen-bond donors (Lipinski definition) is 1. The molecule has 0 unspecified atom stereocenters. The smallest absolute Gasteiger partial charge is 0.0949 e. The van der Waals surface area contributed by atoms with Gasteiger partial charge in [0.05, 0.1) is 38.4 Å². The van der Waals surface area contributed by atoms with Crippen LogP contribution in [0.5, 0.6) is 0 Å². The highest BCUT2D eigenvalue weighted by atomic mass is 79.9. The van der Waals surface area contributed by atoms with Crippen LogP contribution in [0.2, 0.25) is 0 Å². The van der Waals surface area contributed by atoms with Crippen LogP contribution in [0.3, 0.4) is 0 Å². The van der Waals surface area contributed by atoms with Gasteiger partial charge < -0.3 is 9.80 Å². The van der Waals surface area contributed by atoms with Gasteiger partial charge in [-0.2, -0.15) is 0 Å². The standard InChI is InChI=1S/C19H22BrN3/c1-2-22-11-13-23(14-12-22)19-9-7-18(8-10-19)21-15-16-3-5-17(20)6-4-16/h3-10,15H,2,11-14H2,1H3/p+1. The first kappa shape index (κ1) is 16.2. The third-order valence-electron chi connectivity index (χ3n) is 4.42. The number of benzene rings is 2. The lowest BCUT2D eigenvalue weighted by atomic mass is 10.2. The molecule has 0 aromatic heterocycles. The van der Waals surface area contributed by atoms with E-state index in [4.69, 9.17) is 0 Å². The van der Waals surface area contributed by atoms with E-state index in [-0.39, 0.29) is 0 Å². The van der Waals surface area contributed by atoms with Crippen LogP contribution < -0.4 is 9.80 Å². The summed E-state index contributed by atoms with van der Waals surface area (Å²) in [5.74, 6) is 0. The summed E-state index contributed by atoms with van der Waals surface area (Å²) in [4.78, 5) is 8.73. The lowest BCUT2D eigenvalue weighted by molar-refractivity contribution is -0.898. The molecule has 0 amide bonds. The van der Waals surface area contributed by atoms with E-state index >= 15 is 0 Å². The Labute approximate surface area is 146 Å². The van der Waals surface area contributed by atoms with Crippen molar-refractivity contribution in [2.24, 2.45) is 4.99 Å². The predicted molar refractivity (Wildman–Crippen MR) is 101 cm³/mol. The van der Waals surface area contributed by atoms with Crippen LogP contribution in [-0.2, 0) is 0 Å². The molecular weight excluding hydrogens is 350 g/mol. The van der Waals surface area contributed by atoms with E-state index in [1.807, 2.05) is 18.3 Å². The minimum atomic E-state index is 0.995. The molecule has 1 heterocycles. The van der Waals surface area contributed by atoms with Crippen molar-refractivity contribution in [2.45, 2.75) is 6.92 Å². The number of nitrogens with zero attached hydrogens (tertiary/aromatic N) is 2. The molecule has 1 aliphatic heterocycles. The number of quaternary nitrogens is 1. The second-order valence-corrected chi connectivity index (χ2v) is 6.83. The third kappa shape index (κ3) is 4.43. The largest absolute Gasteiger partial charge is 0.360 e. The SMILES string of the molecule is CC[NH+]1CCN(c2ccc(N=Cc3ccc(Br)cc3)cc2)CC1. The first-order chi connectivity index (χ1) is 11.2. The molecule has 2 aromatic rings. The zero-order chi connectivity index (χ0) is 16.1. The van der Waals surface area contributed by atoms with Crippen molar-refractivity contribution in [3.8, 4) is 0 Å². The predicted octanol–water partition coefficient (Wildman–Crippen LogP) is 2.92. The summed E-state index contributed by atoms with van der Waals surface area (Å²) in [6, 6.07) is 16.7. The molecule has 4 heteroatoms. The monoisotopic (exact) mass is 372 g/mol. The average Bonchev–Trinajstić information content (AvgIpc) is 2.62. The Balaban J connectivity index is 1.62. The summed E-state index contributed by atoms with van der Waals surface area (Å²) in [6.07, 6.45) is 1.91. The van der Waals surface area contributed by atoms with Crippen LogP contribution in [0.25, 0.3) is 0 Å². The maximum absolute atomic E-state index is 4.55. The highest BCUT2D eigenvalue weighted by molar-refractivity contribution is 9.10. The van der Waals surface area contributed by atoms with Crippen molar-refractivity contribution >= 4 is 33.5 Å². The van der Waals surface area contributed by atoms with E-state index in [9.17, 15) is 0 Å². The van der Waals surface area contributed by atoms with Gasteiger partial charge in [-0.15, -0.1) is 0 Å². The molecule has 120 valence electrons. The van der Waals surface area contributed by atoms with Crippen LogP contribution in [0, 0.1) is 0 Å². The number of piperazine rings is 1. The van der Waals surface area contributed by atoms with Gasteiger partial charge >= 0.3 is 0 Å². The zero-order valence-electron chi connectivity index (χ0n) is 13.5. The second kappa shape index (κ2) is 7.75. The second-order valence-electron chi connectivity index (χ2n) is 5.92. The van der Waals surface area contributed by atoms with Crippen LogP contribution in [0.4, 0.5) is 11.4 Å². The van der Waals surface area contributed by atoms with Crippen molar-refractivity contribution in [1.29, 1.82) is 0 Å². The topological polar surface area (TPSA) is 20.0 Å². The molecular formula is C19H23BrN3+. The molecule has 0 bridgehead atoms. The highest BCUT2D eigenvalue weighted by Gasteiger charge is 2.18. The maximum atomic E-state index is 4.55. The van der Waals surface area contributed by atoms with E-state index < -0.39 is 0 Å². The molecule has 3 rings (SSSR count). The molecule has 3 nitrogen and oxygen atoms in total. The molecule has 1 N–H and O–H groups in total. The van der Waals surface area contributed by atoms with Crippen molar-refractivity contribution in [1.82, 2.24) is 0 Å². The Hall–Kier alpha value is -1.65. The summed E-state index contributed by atoms with van der Waals surface area (Å²) < 4.78 is 1.09. The number of rotatable bonds is 4. The minimum absolute atomic E-state index is 0.995. The lowest BCUT2D eigenvalue weighted by Crippen LogP contribution is -3.14. The number of anilines is 1. The number of halogens is 1. The summed E-state index contributed by atoms with van der Waals surface area (Å²) in [6.45, 7) is 8.26. The molecule has 1 saturated heterocycles. The van der Waals surface area contributed by atoms with Crippen molar-refractivity contribution < 1.29 is 4.90 Å². The molecule has 0 aliphatic carbocycles.